The normalized spacial score (nSPS) is 18.1. The van der Waals surface area contributed by atoms with Gasteiger partial charge in [0, 0.05) is 6.54 Å². The molecule has 2 rings (SSSR count). The zero-order valence-electron chi connectivity index (χ0n) is 15.6. The molecule has 150 valence electrons. The molecule has 1 aliphatic heterocycles. The van der Waals surface area contributed by atoms with E-state index in [0.717, 1.165) is 12.0 Å². The summed E-state index contributed by atoms with van der Waals surface area (Å²) in [5.74, 6) is -1.96. The lowest BCUT2D eigenvalue weighted by molar-refractivity contribution is -0.140. The van der Waals surface area contributed by atoms with E-state index in [9.17, 15) is 19.2 Å². The number of amides is 3. The molecule has 0 spiro atoms. The van der Waals surface area contributed by atoms with Crippen LogP contribution in [-0.2, 0) is 25.7 Å². The number of nitrogens with one attached hydrogen (secondary N) is 3. The maximum Gasteiger partial charge on any atom is 0.408 e. The van der Waals surface area contributed by atoms with E-state index in [2.05, 4.69) is 22.5 Å². The smallest absolute Gasteiger partial charge is 0.408 e. The first-order chi connectivity index (χ1) is 13.5. The molecule has 28 heavy (non-hydrogen) atoms. The molecular weight excluding hydrogens is 362 g/mol. The van der Waals surface area contributed by atoms with Crippen LogP contribution in [0.3, 0.4) is 0 Å². The van der Waals surface area contributed by atoms with E-state index < -0.39 is 35.8 Å². The largest absolute Gasteiger partial charge is 0.445 e. The fourth-order valence-electron chi connectivity index (χ4n) is 2.77. The van der Waals surface area contributed by atoms with Gasteiger partial charge >= 0.3 is 6.09 Å². The van der Waals surface area contributed by atoms with Gasteiger partial charge < -0.3 is 20.7 Å². The predicted molar refractivity (Wildman–Crippen MR) is 102 cm³/mol. The average molecular weight is 387 g/mol. The molecule has 0 saturated carbocycles. The van der Waals surface area contributed by atoms with Gasteiger partial charge in [0.25, 0.3) is 5.91 Å². The van der Waals surface area contributed by atoms with Crippen LogP contribution in [0.25, 0.3) is 0 Å². The molecular formula is C20H25N3O5. The number of alkyl carbamates (subject to hydrolysis) is 1. The third-order valence-corrected chi connectivity index (χ3v) is 4.29. The van der Waals surface area contributed by atoms with Gasteiger partial charge in [0.05, 0.1) is 6.04 Å². The first-order valence-electron chi connectivity index (χ1n) is 9.21. The molecule has 1 saturated heterocycles. The summed E-state index contributed by atoms with van der Waals surface area (Å²) >= 11 is 0. The molecule has 1 aliphatic rings. The van der Waals surface area contributed by atoms with Gasteiger partial charge in [-0.1, -0.05) is 36.4 Å². The van der Waals surface area contributed by atoms with Crippen LogP contribution >= 0.6 is 0 Å². The SMILES string of the molecule is C=CCC(NC(=O)OCc1ccccc1)C(=O)NC1CCCCNC(=O)C1=O. The van der Waals surface area contributed by atoms with Crippen molar-refractivity contribution in [1.82, 2.24) is 16.0 Å². The first kappa shape index (κ1) is 21.1. The van der Waals surface area contributed by atoms with Crippen molar-refractivity contribution in [2.45, 2.75) is 44.4 Å². The van der Waals surface area contributed by atoms with E-state index in [1.54, 1.807) is 0 Å². The molecule has 2 unspecified atom stereocenters. The van der Waals surface area contributed by atoms with Gasteiger partial charge in [-0.3, -0.25) is 14.4 Å². The van der Waals surface area contributed by atoms with Crippen molar-refractivity contribution in [3.05, 3.63) is 48.6 Å². The number of carbonyl (C=O) groups excluding carboxylic acids is 4. The summed E-state index contributed by atoms with van der Waals surface area (Å²) in [5, 5.41) is 7.55. The molecule has 1 heterocycles. The van der Waals surface area contributed by atoms with Crippen LogP contribution in [0.1, 0.15) is 31.2 Å². The molecule has 1 aromatic rings. The highest BCUT2D eigenvalue weighted by molar-refractivity contribution is 6.38. The van der Waals surface area contributed by atoms with Gasteiger partial charge in [-0.15, -0.1) is 6.58 Å². The van der Waals surface area contributed by atoms with Gasteiger partial charge in [-0.25, -0.2) is 4.79 Å². The van der Waals surface area contributed by atoms with E-state index in [1.807, 2.05) is 30.3 Å². The van der Waals surface area contributed by atoms with Crippen LogP contribution in [-0.4, -0.2) is 42.3 Å². The number of hydrogen-bond donors (Lipinski definition) is 3. The van der Waals surface area contributed by atoms with Crippen LogP contribution in [0, 0.1) is 0 Å². The Morgan fingerprint density at radius 3 is 2.71 bits per heavy atom. The molecule has 3 amide bonds. The molecule has 2 atom stereocenters. The second kappa shape index (κ2) is 10.9. The topological polar surface area (TPSA) is 114 Å². The molecule has 8 heteroatoms. The van der Waals surface area contributed by atoms with Crippen LogP contribution < -0.4 is 16.0 Å². The standard InChI is InChI=1S/C20H25N3O5/c1-2-8-16(23-20(27)28-13-14-9-4-3-5-10-14)18(25)22-15-11-6-7-12-21-19(26)17(15)24/h2-5,9-10,15-16H,1,6-8,11-13H2,(H,21,26)(H,22,25)(H,23,27). The Morgan fingerprint density at radius 2 is 2.00 bits per heavy atom. The van der Waals surface area contributed by atoms with Crippen LogP contribution in [0.2, 0.25) is 0 Å². The number of rotatable bonds is 7. The van der Waals surface area contributed by atoms with Crippen molar-refractivity contribution in [1.29, 1.82) is 0 Å². The number of Topliss-reactive ketones (excluding diaryl/α,β-unsaturated/α-hetero) is 1. The zero-order chi connectivity index (χ0) is 20.4. The molecule has 0 aromatic heterocycles. The summed E-state index contributed by atoms with van der Waals surface area (Å²) in [6.45, 7) is 4.09. The predicted octanol–water partition coefficient (Wildman–Crippen LogP) is 1.21. The van der Waals surface area contributed by atoms with Crippen molar-refractivity contribution in [2.24, 2.45) is 0 Å². The number of ketones is 1. The zero-order valence-corrected chi connectivity index (χ0v) is 15.6. The monoisotopic (exact) mass is 387 g/mol. The minimum Gasteiger partial charge on any atom is -0.445 e. The lowest BCUT2D eigenvalue weighted by atomic mass is 10.0. The van der Waals surface area contributed by atoms with E-state index >= 15 is 0 Å². The molecule has 0 aliphatic carbocycles. The highest BCUT2D eigenvalue weighted by Gasteiger charge is 2.30. The molecule has 8 nitrogen and oxygen atoms in total. The third-order valence-electron chi connectivity index (χ3n) is 4.29. The minimum atomic E-state index is -0.956. The Hall–Kier alpha value is -3.16. The van der Waals surface area contributed by atoms with E-state index in [-0.39, 0.29) is 13.0 Å². The summed E-state index contributed by atoms with van der Waals surface area (Å²) < 4.78 is 5.12. The molecule has 0 radical (unpaired) electrons. The summed E-state index contributed by atoms with van der Waals surface area (Å²) in [5.41, 5.74) is 0.813. The lowest BCUT2D eigenvalue weighted by Crippen LogP contribution is -2.54. The molecule has 3 N–H and O–H groups in total. The minimum absolute atomic E-state index is 0.0659. The lowest BCUT2D eigenvalue weighted by Gasteiger charge is -2.23. The molecule has 1 aromatic carbocycles. The Bertz CT molecular complexity index is 720. The van der Waals surface area contributed by atoms with E-state index in [4.69, 9.17) is 4.74 Å². The number of carbonyl (C=O) groups is 4. The second-order valence-electron chi connectivity index (χ2n) is 6.46. The van der Waals surface area contributed by atoms with Crippen molar-refractivity contribution >= 4 is 23.7 Å². The average Bonchev–Trinajstić information content (AvgIpc) is 2.69. The van der Waals surface area contributed by atoms with Gasteiger partial charge in [-0.2, -0.15) is 0 Å². The summed E-state index contributed by atoms with van der Waals surface area (Å²) in [7, 11) is 0. The fourth-order valence-corrected chi connectivity index (χ4v) is 2.77. The van der Waals surface area contributed by atoms with Gasteiger partial charge in [0.2, 0.25) is 11.7 Å². The highest BCUT2D eigenvalue weighted by atomic mass is 16.5. The molecule has 0 bridgehead atoms. The molecule has 1 fully saturated rings. The second-order valence-corrected chi connectivity index (χ2v) is 6.46. The van der Waals surface area contributed by atoms with Crippen molar-refractivity contribution < 1.29 is 23.9 Å². The maximum atomic E-state index is 12.5. The van der Waals surface area contributed by atoms with Crippen molar-refractivity contribution in [3.8, 4) is 0 Å². The van der Waals surface area contributed by atoms with Gasteiger partial charge in [-0.05, 0) is 31.2 Å². The summed E-state index contributed by atoms with van der Waals surface area (Å²) in [4.78, 5) is 48.5. The van der Waals surface area contributed by atoms with Crippen molar-refractivity contribution in [2.75, 3.05) is 6.54 Å². The highest BCUT2D eigenvalue weighted by Crippen LogP contribution is 2.07. The van der Waals surface area contributed by atoms with Crippen LogP contribution in [0.5, 0.6) is 0 Å². The quantitative estimate of drug-likeness (QED) is 0.481. The van der Waals surface area contributed by atoms with Gasteiger partial charge in [0.1, 0.15) is 12.6 Å². The van der Waals surface area contributed by atoms with Crippen LogP contribution in [0.15, 0.2) is 43.0 Å². The summed E-state index contributed by atoms with van der Waals surface area (Å²) in [6, 6.07) is 7.26. The van der Waals surface area contributed by atoms with Crippen molar-refractivity contribution in [3.63, 3.8) is 0 Å². The third kappa shape index (κ3) is 6.53. The van der Waals surface area contributed by atoms with Gasteiger partial charge in [0.15, 0.2) is 0 Å². The number of ether oxygens (including phenoxy) is 1. The maximum absolute atomic E-state index is 12.5. The summed E-state index contributed by atoms with van der Waals surface area (Å²) in [6.07, 6.45) is 2.67. The van der Waals surface area contributed by atoms with E-state index in [1.165, 1.54) is 6.08 Å². The number of hydrogen-bond acceptors (Lipinski definition) is 5. The Morgan fingerprint density at radius 1 is 1.25 bits per heavy atom. The Kier molecular flexibility index (Phi) is 8.20. The Labute approximate surface area is 163 Å². The number of benzene rings is 1. The van der Waals surface area contributed by atoms with E-state index in [0.29, 0.717) is 19.4 Å². The Balaban J connectivity index is 1.92. The first-order valence-corrected chi connectivity index (χ1v) is 9.21. The van der Waals surface area contributed by atoms with Crippen LogP contribution in [0.4, 0.5) is 4.79 Å². The fraction of sp³-hybridized carbons (Fsp3) is 0.400.